The Balaban J connectivity index is 1.47. The van der Waals surface area contributed by atoms with Crippen LogP contribution in [0.1, 0.15) is 22.3 Å². The topological polar surface area (TPSA) is 13.1 Å². The summed E-state index contributed by atoms with van der Waals surface area (Å²) in [6.07, 6.45) is 0. The third-order valence-corrected chi connectivity index (χ3v) is 9.13. The van der Waals surface area contributed by atoms with E-state index in [-0.39, 0.29) is 0 Å². The zero-order valence-electron chi connectivity index (χ0n) is 22.9. The molecule has 1 aromatic heterocycles. The second-order valence-corrected chi connectivity index (χ2v) is 11.2. The Bertz CT molecular complexity index is 2250. The van der Waals surface area contributed by atoms with Crippen LogP contribution in [-0.2, 0) is 5.41 Å². The number of benzene rings is 7. The number of rotatable bonds is 3. The fourth-order valence-electron chi connectivity index (χ4n) is 7.44. The van der Waals surface area contributed by atoms with Gasteiger partial charge in [-0.3, -0.25) is 0 Å². The first-order valence-electron chi connectivity index (χ1n) is 14.5. The third-order valence-electron chi connectivity index (χ3n) is 9.13. The first kappa shape index (κ1) is 23.3. The van der Waals surface area contributed by atoms with Gasteiger partial charge in [0.1, 0.15) is 11.2 Å². The van der Waals surface area contributed by atoms with E-state index in [0.717, 1.165) is 21.9 Å². The molecular formula is C41H26O. The first-order chi connectivity index (χ1) is 20.8. The normalized spacial score (nSPS) is 13.4. The fourth-order valence-corrected chi connectivity index (χ4v) is 7.44. The van der Waals surface area contributed by atoms with Crippen LogP contribution in [0.15, 0.2) is 162 Å². The summed E-state index contributed by atoms with van der Waals surface area (Å²) in [4.78, 5) is 0. The van der Waals surface area contributed by atoms with E-state index in [1.165, 1.54) is 55.3 Å². The van der Waals surface area contributed by atoms with Crippen molar-refractivity contribution in [2.45, 2.75) is 5.41 Å². The van der Waals surface area contributed by atoms with E-state index >= 15 is 0 Å². The minimum atomic E-state index is -0.462. The van der Waals surface area contributed by atoms with Gasteiger partial charge in [0.2, 0.25) is 0 Å². The van der Waals surface area contributed by atoms with Crippen LogP contribution in [0.5, 0.6) is 0 Å². The highest BCUT2D eigenvalue weighted by Crippen LogP contribution is 2.60. The maximum atomic E-state index is 6.21. The second-order valence-electron chi connectivity index (χ2n) is 11.2. The molecule has 1 heteroatoms. The van der Waals surface area contributed by atoms with Gasteiger partial charge in [-0.15, -0.1) is 0 Å². The van der Waals surface area contributed by atoms with Gasteiger partial charge in [0, 0.05) is 10.8 Å². The van der Waals surface area contributed by atoms with Crippen molar-refractivity contribution in [3.05, 3.63) is 180 Å². The zero-order chi connectivity index (χ0) is 27.7. The molecule has 0 unspecified atom stereocenters. The molecule has 196 valence electrons. The summed E-state index contributed by atoms with van der Waals surface area (Å²) in [6, 6.07) is 57.4. The van der Waals surface area contributed by atoms with Crippen molar-refractivity contribution >= 4 is 32.7 Å². The van der Waals surface area contributed by atoms with Crippen molar-refractivity contribution in [3.63, 3.8) is 0 Å². The van der Waals surface area contributed by atoms with Crippen molar-refractivity contribution in [2.75, 3.05) is 0 Å². The van der Waals surface area contributed by atoms with E-state index in [1.54, 1.807) is 0 Å². The lowest BCUT2D eigenvalue weighted by atomic mass is 9.66. The lowest BCUT2D eigenvalue weighted by molar-refractivity contribution is 0.669. The Morgan fingerprint density at radius 3 is 1.83 bits per heavy atom. The van der Waals surface area contributed by atoms with Crippen molar-refractivity contribution in [1.29, 1.82) is 0 Å². The molecule has 0 atom stereocenters. The smallest absolute Gasteiger partial charge is 0.135 e. The molecule has 7 aromatic carbocycles. The molecule has 1 aliphatic rings. The highest BCUT2D eigenvalue weighted by atomic mass is 16.3. The fraction of sp³-hybridized carbons (Fsp3) is 0.0244. The SMILES string of the molecule is c1ccc(C2(c3ccccc3)c3ccccc3-c3c(-c4ccc5oc6ccccc6c5c4)cc4ccccc4c32)cc1. The molecule has 0 fully saturated rings. The van der Waals surface area contributed by atoms with Crippen LogP contribution in [0, 0.1) is 0 Å². The summed E-state index contributed by atoms with van der Waals surface area (Å²) in [7, 11) is 0. The average Bonchev–Trinajstić information content (AvgIpc) is 3.59. The molecule has 0 aliphatic heterocycles. The lowest BCUT2D eigenvalue weighted by Crippen LogP contribution is -2.28. The highest BCUT2D eigenvalue weighted by Gasteiger charge is 2.48. The van der Waals surface area contributed by atoms with Gasteiger partial charge in [-0.2, -0.15) is 0 Å². The van der Waals surface area contributed by atoms with Crippen molar-refractivity contribution < 1.29 is 4.42 Å². The molecule has 0 radical (unpaired) electrons. The number of hydrogen-bond acceptors (Lipinski definition) is 1. The predicted octanol–water partition coefficient (Wildman–Crippen LogP) is 10.8. The van der Waals surface area contributed by atoms with Crippen molar-refractivity contribution in [3.8, 4) is 22.3 Å². The number of para-hydroxylation sites is 1. The first-order valence-corrected chi connectivity index (χ1v) is 14.5. The second kappa shape index (κ2) is 8.80. The molecule has 8 aromatic rings. The predicted molar refractivity (Wildman–Crippen MR) is 174 cm³/mol. The van der Waals surface area contributed by atoms with Gasteiger partial charge in [0.25, 0.3) is 0 Å². The molecular weight excluding hydrogens is 508 g/mol. The Hall–Kier alpha value is -5.40. The molecule has 0 saturated carbocycles. The maximum Gasteiger partial charge on any atom is 0.135 e. The third kappa shape index (κ3) is 3.08. The monoisotopic (exact) mass is 534 g/mol. The molecule has 1 aliphatic carbocycles. The molecule has 0 N–H and O–H groups in total. The quantitative estimate of drug-likeness (QED) is 0.220. The molecule has 0 bridgehead atoms. The molecule has 1 heterocycles. The molecule has 0 amide bonds. The van der Waals surface area contributed by atoms with Gasteiger partial charge in [0.05, 0.1) is 5.41 Å². The van der Waals surface area contributed by atoms with E-state index in [1.807, 2.05) is 12.1 Å². The molecule has 1 nitrogen and oxygen atoms in total. The summed E-state index contributed by atoms with van der Waals surface area (Å²) >= 11 is 0. The zero-order valence-corrected chi connectivity index (χ0v) is 22.9. The number of hydrogen-bond donors (Lipinski definition) is 0. The summed E-state index contributed by atoms with van der Waals surface area (Å²) in [5, 5.41) is 4.83. The van der Waals surface area contributed by atoms with Crippen LogP contribution in [0.4, 0.5) is 0 Å². The van der Waals surface area contributed by atoms with Gasteiger partial charge >= 0.3 is 0 Å². The highest BCUT2D eigenvalue weighted by molar-refractivity contribution is 6.10. The average molecular weight is 535 g/mol. The van der Waals surface area contributed by atoms with Gasteiger partial charge in [0.15, 0.2) is 0 Å². The Morgan fingerprint density at radius 2 is 1.05 bits per heavy atom. The van der Waals surface area contributed by atoms with Gasteiger partial charge in [-0.25, -0.2) is 0 Å². The van der Waals surface area contributed by atoms with Crippen LogP contribution in [0.3, 0.4) is 0 Å². The van der Waals surface area contributed by atoms with Gasteiger partial charge < -0.3 is 4.42 Å². The largest absolute Gasteiger partial charge is 0.456 e. The van der Waals surface area contributed by atoms with E-state index in [9.17, 15) is 0 Å². The van der Waals surface area contributed by atoms with Crippen LogP contribution in [-0.4, -0.2) is 0 Å². The number of fused-ring (bicyclic) bond motifs is 8. The molecule has 0 saturated heterocycles. The Morgan fingerprint density at radius 1 is 0.429 bits per heavy atom. The minimum absolute atomic E-state index is 0.462. The number of furan rings is 1. The van der Waals surface area contributed by atoms with E-state index in [0.29, 0.717) is 0 Å². The summed E-state index contributed by atoms with van der Waals surface area (Å²) in [5.41, 5.74) is 11.7. The van der Waals surface area contributed by atoms with Gasteiger partial charge in [-0.1, -0.05) is 133 Å². The van der Waals surface area contributed by atoms with E-state index in [4.69, 9.17) is 4.42 Å². The molecule has 0 spiro atoms. The standard InChI is InChI=1S/C41H26O/c1-3-14-29(15-4-1)41(30-16-5-2-6-17-30)36-21-11-9-20-33(36)39-34(25-27-13-7-8-18-31(27)40(39)41)28-23-24-38-35(26-28)32-19-10-12-22-37(32)42-38/h1-26H. The van der Waals surface area contributed by atoms with E-state index < -0.39 is 5.41 Å². The van der Waals surface area contributed by atoms with Crippen LogP contribution >= 0.6 is 0 Å². The van der Waals surface area contributed by atoms with Crippen LogP contribution < -0.4 is 0 Å². The Labute approximate surface area is 244 Å². The van der Waals surface area contributed by atoms with E-state index in [2.05, 4.69) is 146 Å². The minimum Gasteiger partial charge on any atom is -0.456 e. The summed E-state index contributed by atoms with van der Waals surface area (Å²) in [5.74, 6) is 0. The van der Waals surface area contributed by atoms with Gasteiger partial charge in [-0.05, 0) is 79.5 Å². The maximum absolute atomic E-state index is 6.21. The van der Waals surface area contributed by atoms with Crippen LogP contribution in [0.25, 0.3) is 55.0 Å². The lowest BCUT2D eigenvalue weighted by Gasteiger charge is -2.35. The summed E-state index contributed by atoms with van der Waals surface area (Å²) < 4.78 is 6.21. The molecule has 9 rings (SSSR count). The van der Waals surface area contributed by atoms with Crippen LogP contribution in [0.2, 0.25) is 0 Å². The summed E-state index contributed by atoms with van der Waals surface area (Å²) in [6.45, 7) is 0. The van der Waals surface area contributed by atoms with Crippen molar-refractivity contribution in [2.24, 2.45) is 0 Å². The molecule has 42 heavy (non-hydrogen) atoms. The van der Waals surface area contributed by atoms with Crippen molar-refractivity contribution in [1.82, 2.24) is 0 Å². The Kier molecular flexibility index (Phi) is 4.88.